The van der Waals surface area contributed by atoms with Gasteiger partial charge in [-0.15, -0.1) is 0 Å². The lowest BCUT2D eigenvalue weighted by atomic mass is 10.1. The van der Waals surface area contributed by atoms with Crippen LogP contribution in [0.5, 0.6) is 28.7 Å². The van der Waals surface area contributed by atoms with Crippen molar-refractivity contribution in [3.8, 4) is 28.7 Å². The minimum Gasteiger partial charge on any atom is -0.508 e. The van der Waals surface area contributed by atoms with Crippen molar-refractivity contribution in [3.05, 3.63) is 95.1 Å². The smallest absolute Gasteiger partial charge is 0.161 e. The van der Waals surface area contributed by atoms with Crippen LogP contribution in [0.1, 0.15) is 22.3 Å². The number of aliphatic hydroxyl groups excluding tert-OH is 3. The van der Waals surface area contributed by atoms with Crippen molar-refractivity contribution in [2.24, 2.45) is 0 Å². The summed E-state index contributed by atoms with van der Waals surface area (Å²) in [4.78, 5) is 0. The van der Waals surface area contributed by atoms with Crippen molar-refractivity contribution in [2.75, 3.05) is 34.0 Å². The average Bonchev–Trinajstić information content (AvgIpc) is 2.93. The third-order valence-electron chi connectivity index (χ3n) is 4.85. The molecule has 0 unspecified atom stereocenters. The van der Waals surface area contributed by atoms with Gasteiger partial charge in [0.1, 0.15) is 5.75 Å². The summed E-state index contributed by atoms with van der Waals surface area (Å²) in [5.41, 5.74) is 3.49. The lowest BCUT2D eigenvalue weighted by molar-refractivity contribution is 0.343. The van der Waals surface area contributed by atoms with Crippen LogP contribution in [-0.4, -0.2) is 64.7 Å². The molecule has 8 heteroatoms. The van der Waals surface area contributed by atoms with Gasteiger partial charge in [0.15, 0.2) is 23.0 Å². The number of aliphatic hydroxyl groups is 3. The van der Waals surface area contributed by atoms with Crippen molar-refractivity contribution in [3.63, 3.8) is 0 Å². The first-order chi connectivity index (χ1) is 18.3. The maximum atomic E-state index is 9.55. The van der Waals surface area contributed by atoms with Crippen LogP contribution in [-0.2, 0) is 0 Å². The Labute approximate surface area is 223 Å². The number of methoxy groups -OCH3 is 2. The summed E-state index contributed by atoms with van der Waals surface area (Å²) < 4.78 is 9.92. The van der Waals surface area contributed by atoms with Crippen molar-refractivity contribution < 1.29 is 40.1 Å². The zero-order chi connectivity index (χ0) is 28.3. The average molecular weight is 525 g/mol. The molecule has 0 aromatic heterocycles. The Hall–Kier alpha value is -4.24. The number of aryl methyl sites for hydroxylation is 1. The number of ether oxygens (including phenoxy) is 2. The minimum absolute atomic E-state index is 0.00222. The highest BCUT2D eigenvalue weighted by atomic mass is 16.5. The van der Waals surface area contributed by atoms with E-state index in [-0.39, 0.29) is 37.1 Å². The van der Waals surface area contributed by atoms with E-state index in [2.05, 4.69) is 0 Å². The van der Waals surface area contributed by atoms with Gasteiger partial charge in [-0.3, -0.25) is 0 Å². The van der Waals surface area contributed by atoms with Crippen molar-refractivity contribution >= 4 is 18.2 Å². The molecule has 6 N–H and O–H groups in total. The fourth-order valence-electron chi connectivity index (χ4n) is 2.98. The summed E-state index contributed by atoms with van der Waals surface area (Å²) >= 11 is 0. The van der Waals surface area contributed by atoms with E-state index in [4.69, 9.17) is 29.9 Å². The molecular weight excluding hydrogens is 488 g/mol. The number of aromatic hydroxyl groups is 3. The summed E-state index contributed by atoms with van der Waals surface area (Å²) in [6.07, 6.45) is 10.2. The van der Waals surface area contributed by atoms with Gasteiger partial charge in [0, 0.05) is 0 Å². The normalized spacial score (nSPS) is 10.7. The molecule has 204 valence electrons. The van der Waals surface area contributed by atoms with E-state index in [0.29, 0.717) is 11.5 Å². The van der Waals surface area contributed by atoms with Crippen LogP contribution in [0.3, 0.4) is 0 Å². The first-order valence-electron chi connectivity index (χ1n) is 11.6. The second kappa shape index (κ2) is 18.1. The van der Waals surface area contributed by atoms with Gasteiger partial charge >= 0.3 is 0 Å². The Kier molecular flexibility index (Phi) is 15.1. The van der Waals surface area contributed by atoms with Gasteiger partial charge in [-0.25, -0.2) is 0 Å². The van der Waals surface area contributed by atoms with Gasteiger partial charge in [0.05, 0.1) is 34.0 Å². The predicted molar refractivity (Wildman–Crippen MR) is 151 cm³/mol. The molecule has 0 atom stereocenters. The van der Waals surface area contributed by atoms with Gasteiger partial charge < -0.3 is 40.1 Å². The highest BCUT2D eigenvalue weighted by molar-refractivity contribution is 5.58. The third kappa shape index (κ3) is 11.7. The van der Waals surface area contributed by atoms with Crippen molar-refractivity contribution in [2.45, 2.75) is 6.92 Å². The van der Waals surface area contributed by atoms with Crippen LogP contribution in [0.2, 0.25) is 0 Å². The molecule has 0 bridgehead atoms. The van der Waals surface area contributed by atoms with E-state index >= 15 is 0 Å². The first kappa shape index (κ1) is 31.8. The fraction of sp³-hybridized carbons (Fsp3) is 0.200. The molecule has 0 spiro atoms. The molecule has 0 radical (unpaired) electrons. The minimum atomic E-state index is 0.00222. The SMILES string of the molecule is COc1cc(/C=C/CO)cc(C)c1O.COc1cc(/C=C/CO)ccc1O.OC/C=C/c1ccc(O)cc1. The molecule has 0 saturated heterocycles. The molecule has 8 nitrogen and oxygen atoms in total. The molecular formula is C30H36O8. The second-order valence-electron chi connectivity index (χ2n) is 7.67. The lowest BCUT2D eigenvalue weighted by Gasteiger charge is -2.07. The van der Waals surface area contributed by atoms with Crippen LogP contribution in [0.25, 0.3) is 18.2 Å². The van der Waals surface area contributed by atoms with Crippen molar-refractivity contribution in [1.29, 1.82) is 0 Å². The van der Waals surface area contributed by atoms with E-state index in [1.807, 2.05) is 6.07 Å². The zero-order valence-corrected chi connectivity index (χ0v) is 21.8. The van der Waals surface area contributed by atoms with Gasteiger partial charge in [0.25, 0.3) is 0 Å². The van der Waals surface area contributed by atoms with Crippen LogP contribution >= 0.6 is 0 Å². The molecule has 0 aliphatic carbocycles. The summed E-state index contributed by atoms with van der Waals surface area (Å²) in [6.45, 7) is 1.85. The number of phenolic OH excluding ortho intramolecular Hbond substituents is 3. The summed E-state index contributed by atoms with van der Waals surface area (Å²) in [7, 11) is 3.00. The quantitative estimate of drug-likeness (QED) is 0.253. The highest BCUT2D eigenvalue weighted by Gasteiger charge is 2.05. The van der Waals surface area contributed by atoms with Crippen LogP contribution < -0.4 is 9.47 Å². The Balaban J connectivity index is 0.000000287. The predicted octanol–water partition coefficient (Wildman–Crippen LogP) is 4.52. The standard InChI is InChI=1S/C11H14O3.C10H12O3.C9H10O2/c1-8-6-9(4-3-5-12)7-10(14-2)11(8)13;1-13-10-7-8(3-2-6-11)4-5-9(10)12;10-7-1-2-8-3-5-9(11)6-4-8/h3-4,6-7,12-13H,5H2,1-2H3;2-5,7,11-12H,6H2,1H3;1-6,10-11H,7H2/b4-3+;3-2+;2-1+. The second-order valence-corrected chi connectivity index (χ2v) is 7.67. The Morgan fingerprint density at radius 2 is 1.08 bits per heavy atom. The van der Waals surface area contributed by atoms with Crippen LogP contribution in [0, 0.1) is 6.92 Å². The number of hydrogen-bond donors (Lipinski definition) is 6. The topological polar surface area (TPSA) is 140 Å². The maximum Gasteiger partial charge on any atom is 0.161 e. The molecule has 0 aliphatic heterocycles. The monoisotopic (exact) mass is 524 g/mol. The van der Waals surface area contributed by atoms with E-state index < -0.39 is 0 Å². The summed E-state index contributed by atoms with van der Waals surface area (Å²) in [5.74, 6) is 1.41. The van der Waals surface area contributed by atoms with Gasteiger partial charge in [0.2, 0.25) is 0 Å². The molecule has 0 aliphatic rings. The zero-order valence-electron chi connectivity index (χ0n) is 21.8. The summed E-state index contributed by atoms with van der Waals surface area (Å²) in [5, 5.41) is 53.3. The molecule has 0 heterocycles. The molecule has 0 fully saturated rings. The van der Waals surface area contributed by atoms with E-state index in [1.54, 1.807) is 91.9 Å². The number of benzene rings is 3. The molecule has 3 aromatic carbocycles. The highest BCUT2D eigenvalue weighted by Crippen LogP contribution is 2.31. The van der Waals surface area contributed by atoms with E-state index in [0.717, 1.165) is 22.3 Å². The van der Waals surface area contributed by atoms with Crippen molar-refractivity contribution in [1.82, 2.24) is 0 Å². The van der Waals surface area contributed by atoms with Gasteiger partial charge in [-0.05, 0) is 65.6 Å². The Morgan fingerprint density at radius 1 is 0.605 bits per heavy atom. The molecule has 0 amide bonds. The van der Waals surface area contributed by atoms with Gasteiger partial charge in [-0.2, -0.15) is 0 Å². The molecule has 38 heavy (non-hydrogen) atoms. The fourth-order valence-corrected chi connectivity index (χ4v) is 2.98. The van der Waals surface area contributed by atoms with Gasteiger partial charge in [-0.1, -0.05) is 54.7 Å². The number of phenols is 3. The number of rotatable bonds is 8. The first-order valence-corrected chi connectivity index (χ1v) is 11.6. The molecule has 0 saturated carbocycles. The Morgan fingerprint density at radius 3 is 1.61 bits per heavy atom. The van der Waals surface area contributed by atoms with Crippen LogP contribution in [0.4, 0.5) is 0 Å². The lowest BCUT2D eigenvalue weighted by Crippen LogP contribution is -1.87. The van der Waals surface area contributed by atoms with Crippen LogP contribution in [0.15, 0.2) is 72.8 Å². The molecule has 3 aromatic rings. The molecule has 3 rings (SSSR count). The maximum absolute atomic E-state index is 9.55. The third-order valence-corrected chi connectivity index (χ3v) is 4.85. The van der Waals surface area contributed by atoms with E-state index in [1.165, 1.54) is 14.2 Å². The summed E-state index contributed by atoms with van der Waals surface area (Å²) in [6, 6.07) is 15.3. The Bertz CT molecular complexity index is 1180. The number of hydrogen-bond acceptors (Lipinski definition) is 8. The van der Waals surface area contributed by atoms with E-state index in [9.17, 15) is 10.2 Å². The largest absolute Gasteiger partial charge is 0.508 e.